The second kappa shape index (κ2) is 7.21. The number of aromatic nitrogens is 2. The van der Waals surface area contributed by atoms with E-state index in [9.17, 15) is 9.59 Å². The molecular formula is C15H22ClN3O4. The highest BCUT2D eigenvalue weighted by atomic mass is 35.5. The zero-order valence-corrected chi connectivity index (χ0v) is 14.4. The Balaban J connectivity index is 1.89. The van der Waals surface area contributed by atoms with Gasteiger partial charge < -0.3 is 14.4 Å². The summed E-state index contributed by atoms with van der Waals surface area (Å²) >= 11 is 5.37. The van der Waals surface area contributed by atoms with Crippen LogP contribution in [0.3, 0.4) is 0 Å². The maximum Gasteiger partial charge on any atom is 0.410 e. The number of alkyl halides is 1. The molecule has 0 radical (unpaired) electrons. The fourth-order valence-corrected chi connectivity index (χ4v) is 2.51. The van der Waals surface area contributed by atoms with Crippen LogP contribution < -0.4 is 0 Å². The van der Waals surface area contributed by atoms with Gasteiger partial charge in [-0.3, -0.25) is 4.68 Å². The Morgan fingerprint density at radius 2 is 2.00 bits per heavy atom. The Bertz CT molecular complexity index is 559. The molecule has 0 unspecified atom stereocenters. The number of amides is 1. The largest absolute Gasteiger partial charge is 0.446 e. The van der Waals surface area contributed by atoms with Gasteiger partial charge in [0.25, 0.3) is 0 Å². The van der Waals surface area contributed by atoms with Gasteiger partial charge in [0.15, 0.2) is 6.07 Å². The molecule has 1 aliphatic rings. The maximum absolute atomic E-state index is 12.0. The first-order valence-corrected chi connectivity index (χ1v) is 8.09. The average Bonchev–Trinajstić information content (AvgIpc) is 2.96. The van der Waals surface area contributed by atoms with E-state index >= 15 is 0 Å². The van der Waals surface area contributed by atoms with Crippen molar-refractivity contribution >= 4 is 23.7 Å². The van der Waals surface area contributed by atoms with Crippen LogP contribution in [0.5, 0.6) is 0 Å². The number of rotatable bonds is 3. The van der Waals surface area contributed by atoms with Crippen molar-refractivity contribution in [1.82, 2.24) is 14.7 Å². The zero-order chi connectivity index (χ0) is 17.0. The monoisotopic (exact) mass is 343 g/mol. The molecule has 1 fully saturated rings. The lowest BCUT2D eigenvalue weighted by Gasteiger charge is -2.33. The van der Waals surface area contributed by atoms with Crippen molar-refractivity contribution in [2.75, 3.05) is 19.2 Å². The van der Waals surface area contributed by atoms with Crippen LogP contribution in [0.1, 0.15) is 50.0 Å². The smallest absolute Gasteiger partial charge is 0.410 e. The molecule has 0 N–H and O–H groups in total. The van der Waals surface area contributed by atoms with Crippen LogP contribution in [0.25, 0.3) is 0 Å². The Morgan fingerprint density at radius 1 is 1.35 bits per heavy atom. The average molecular weight is 344 g/mol. The van der Waals surface area contributed by atoms with Crippen molar-refractivity contribution in [2.45, 2.75) is 45.3 Å². The summed E-state index contributed by atoms with van der Waals surface area (Å²) in [6.07, 6.45) is 4.34. The maximum atomic E-state index is 12.0. The van der Waals surface area contributed by atoms with E-state index in [1.54, 1.807) is 15.8 Å². The summed E-state index contributed by atoms with van der Waals surface area (Å²) in [5, 5.41) is 4.21. The molecular weight excluding hydrogens is 322 g/mol. The minimum atomic E-state index is -0.492. The fraction of sp³-hybridized carbons (Fsp3) is 0.667. The van der Waals surface area contributed by atoms with Crippen LogP contribution in [0.4, 0.5) is 4.79 Å². The van der Waals surface area contributed by atoms with Gasteiger partial charge in [0.05, 0.1) is 17.8 Å². The van der Waals surface area contributed by atoms with Gasteiger partial charge in [-0.1, -0.05) is 11.6 Å². The Labute approximate surface area is 140 Å². The number of piperidine rings is 1. The van der Waals surface area contributed by atoms with Crippen LogP contribution >= 0.6 is 11.6 Å². The lowest BCUT2D eigenvalue weighted by Crippen LogP contribution is -2.42. The van der Waals surface area contributed by atoms with Gasteiger partial charge in [0.2, 0.25) is 0 Å². The molecule has 0 aromatic carbocycles. The van der Waals surface area contributed by atoms with E-state index in [1.807, 2.05) is 20.8 Å². The Morgan fingerprint density at radius 3 is 2.57 bits per heavy atom. The van der Waals surface area contributed by atoms with Gasteiger partial charge in [-0.15, -0.1) is 0 Å². The Hall–Kier alpha value is -1.76. The summed E-state index contributed by atoms with van der Waals surface area (Å²) in [6.45, 7) is 6.75. The number of halogens is 1. The number of carbonyl (C=O) groups is 2. The first kappa shape index (κ1) is 17.6. The summed E-state index contributed by atoms with van der Waals surface area (Å²) in [5.74, 6) is -0.488. The van der Waals surface area contributed by atoms with E-state index in [1.165, 1.54) is 6.20 Å². The highest BCUT2D eigenvalue weighted by Gasteiger charge is 2.28. The molecule has 23 heavy (non-hydrogen) atoms. The topological polar surface area (TPSA) is 73.7 Å². The molecule has 128 valence electrons. The third-order valence-electron chi connectivity index (χ3n) is 3.51. The molecule has 2 rings (SSSR count). The van der Waals surface area contributed by atoms with Gasteiger partial charge in [-0.2, -0.15) is 5.10 Å². The van der Waals surface area contributed by atoms with Crippen LogP contribution in [0, 0.1) is 0 Å². The molecule has 0 aliphatic carbocycles. The van der Waals surface area contributed by atoms with Gasteiger partial charge in [0.1, 0.15) is 5.60 Å². The zero-order valence-electron chi connectivity index (χ0n) is 13.6. The van der Waals surface area contributed by atoms with Crippen molar-refractivity contribution in [3.63, 3.8) is 0 Å². The number of hydrogen-bond acceptors (Lipinski definition) is 5. The van der Waals surface area contributed by atoms with E-state index in [0.717, 1.165) is 12.8 Å². The van der Waals surface area contributed by atoms with E-state index in [4.69, 9.17) is 21.1 Å². The molecule has 1 aromatic heterocycles. The van der Waals surface area contributed by atoms with E-state index < -0.39 is 11.6 Å². The number of esters is 1. The number of likely N-dealkylation sites (tertiary alicyclic amines) is 1. The third-order valence-corrected chi connectivity index (χ3v) is 3.62. The highest BCUT2D eigenvalue weighted by molar-refractivity contribution is 6.17. The lowest BCUT2D eigenvalue weighted by atomic mass is 10.1. The molecule has 1 aromatic rings. The summed E-state index contributed by atoms with van der Waals surface area (Å²) < 4.78 is 11.8. The minimum absolute atomic E-state index is 0.145. The van der Waals surface area contributed by atoms with Gasteiger partial charge in [-0.05, 0) is 33.6 Å². The molecule has 7 nitrogen and oxygen atoms in total. The SMILES string of the molecule is CC(C)(C)OC(=O)N1CCC(n2cc(C(=O)OCCl)cn2)CC1. The predicted octanol–water partition coefficient (Wildman–Crippen LogP) is 2.81. The second-order valence-corrected chi connectivity index (χ2v) is 6.67. The molecule has 0 atom stereocenters. The molecule has 1 saturated heterocycles. The van der Waals surface area contributed by atoms with Crippen LogP contribution in [-0.4, -0.2) is 51.5 Å². The molecule has 0 saturated carbocycles. The quantitative estimate of drug-likeness (QED) is 0.623. The fourth-order valence-electron chi connectivity index (χ4n) is 2.42. The summed E-state index contributed by atoms with van der Waals surface area (Å²) in [6, 6.07) is -0.0376. The normalized spacial score (nSPS) is 16.3. The van der Waals surface area contributed by atoms with Gasteiger partial charge in [-0.25, -0.2) is 9.59 Å². The van der Waals surface area contributed by atoms with Crippen molar-refractivity contribution in [2.24, 2.45) is 0 Å². The molecule has 8 heteroatoms. The highest BCUT2D eigenvalue weighted by Crippen LogP contribution is 2.23. The Kier molecular flexibility index (Phi) is 5.51. The molecule has 1 amide bonds. The van der Waals surface area contributed by atoms with E-state index in [-0.39, 0.29) is 18.2 Å². The van der Waals surface area contributed by atoms with Crippen LogP contribution in [-0.2, 0) is 9.47 Å². The molecule has 1 aliphatic heterocycles. The van der Waals surface area contributed by atoms with E-state index in [0.29, 0.717) is 18.7 Å². The molecule has 2 heterocycles. The molecule has 0 spiro atoms. The summed E-state index contributed by atoms with van der Waals surface area (Å²) in [5.41, 5.74) is -0.117. The van der Waals surface area contributed by atoms with Gasteiger partial charge >= 0.3 is 12.1 Å². The third kappa shape index (κ3) is 4.86. The summed E-state index contributed by atoms with van der Waals surface area (Å²) in [4.78, 5) is 25.3. The minimum Gasteiger partial charge on any atom is -0.446 e. The predicted molar refractivity (Wildman–Crippen MR) is 84.4 cm³/mol. The van der Waals surface area contributed by atoms with Crippen molar-refractivity contribution < 1.29 is 19.1 Å². The lowest BCUT2D eigenvalue weighted by molar-refractivity contribution is 0.0184. The second-order valence-electron chi connectivity index (χ2n) is 6.45. The van der Waals surface area contributed by atoms with Crippen LogP contribution in [0.2, 0.25) is 0 Å². The molecule has 0 bridgehead atoms. The first-order valence-electron chi connectivity index (χ1n) is 7.55. The first-order chi connectivity index (χ1) is 10.8. The number of carbonyl (C=O) groups excluding carboxylic acids is 2. The summed E-state index contributed by atoms with van der Waals surface area (Å²) in [7, 11) is 0. The van der Waals surface area contributed by atoms with E-state index in [2.05, 4.69) is 5.10 Å². The number of hydrogen-bond donors (Lipinski definition) is 0. The standard InChI is InChI=1S/C15H22ClN3O4/c1-15(2,3)23-14(21)18-6-4-12(5-7-18)19-9-11(8-17-19)13(20)22-10-16/h8-9,12H,4-7,10H2,1-3H3. The van der Waals surface area contributed by atoms with Crippen LogP contribution in [0.15, 0.2) is 12.4 Å². The van der Waals surface area contributed by atoms with Crippen molar-refractivity contribution in [3.05, 3.63) is 18.0 Å². The number of ether oxygens (including phenoxy) is 2. The van der Waals surface area contributed by atoms with Crippen molar-refractivity contribution in [3.8, 4) is 0 Å². The number of nitrogens with zero attached hydrogens (tertiary/aromatic N) is 3. The van der Waals surface area contributed by atoms with Crippen molar-refractivity contribution in [1.29, 1.82) is 0 Å². The van der Waals surface area contributed by atoms with Gasteiger partial charge in [0, 0.05) is 19.3 Å².